The third-order valence-corrected chi connectivity index (χ3v) is 1.97. The van der Waals surface area contributed by atoms with Gasteiger partial charge in [-0.05, 0) is 17.7 Å². The molecule has 0 fully saturated rings. The molecule has 76 valence electrons. The maximum Gasteiger partial charge on any atom is 0.262 e. The van der Waals surface area contributed by atoms with Crippen molar-refractivity contribution in [1.29, 1.82) is 0 Å². The van der Waals surface area contributed by atoms with Crippen LogP contribution in [0, 0.1) is 5.82 Å². The lowest BCUT2D eigenvalue weighted by atomic mass is 10.1. The van der Waals surface area contributed by atoms with E-state index < -0.39 is 11.4 Å². The largest absolute Gasteiger partial charge is 0.493 e. The Morgan fingerprint density at radius 2 is 1.93 bits per heavy atom. The fourth-order valence-corrected chi connectivity index (χ4v) is 1.27. The van der Waals surface area contributed by atoms with Gasteiger partial charge in [0.25, 0.3) is 5.56 Å². The summed E-state index contributed by atoms with van der Waals surface area (Å²) in [5, 5.41) is 9.39. The maximum absolute atomic E-state index is 12.6. The minimum atomic E-state index is -0.464. The van der Waals surface area contributed by atoms with Crippen molar-refractivity contribution in [2.75, 3.05) is 0 Å². The molecule has 0 bridgehead atoms. The second-order valence-corrected chi connectivity index (χ2v) is 2.94. The molecule has 0 aliphatic rings. The summed E-state index contributed by atoms with van der Waals surface area (Å²) in [4.78, 5) is 17.3. The lowest BCUT2D eigenvalue weighted by Crippen LogP contribution is -2.09. The maximum atomic E-state index is 12.6. The highest BCUT2D eigenvalue weighted by Crippen LogP contribution is 2.22. The van der Waals surface area contributed by atoms with E-state index >= 15 is 0 Å². The SMILES string of the molecule is O=c1[nH]cnc(O)c1-c1ccc(F)cc1. The molecule has 2 N–H and O–H groups in total. The van der Waals surface area contributed by atoms with Gasteiger partial charge in [0, 0.05) is 0 Å². The number of nitrogens with zero attached hydrogens (tertiary/aromatic N) is 1. The number of benzene rings is 1. The summed E-state index contributed by atoms with van der Waals surface area (Å²) in [7, 11) is 0. The molecule has 5 heteroatoms. The lowest BCUT2D eigenvalue weighted by Gasteiger charge is -2.01. The Labute approximate surface area is 84.0 Å². The van der Waals surface area contributed by atoms with Gasteiger partial charge in [-0.25, -0.2) is 9.37 Å². The molecule has 0 atom stereocenters. The topological polar surface area (TPSA) is 66.0 Å². The minimum absolute atomic E-state index is 0.0394. The van der Waals surface area contributed by atoms with Gasteiger partial charge in [0.05, 0.1) is 6.33 Å². The van der Waals surface area contributed by atoms with E-state index in [0.717, 1.165) is 6.33 Å². The van der Waals surface area contributed by atoms with Crippen LogP contribution in [-0.4, -0.2) is 15.1 Å². The molecule has 0 aliphatic carbocycles. The average molecular weight is 206 g/mol. The Balaban J connectivity index is 2.64. The molecule has 4 nitrogen and oxygen atoms in total. The highest BCUT2D eigenvalue weighted by Gasteiger charge is 2.09. The summed E-state index contributed by atoms with van der Waals surface area (Å²) in [6, 6.07) is 5.23. The lowest BCUT2D eigenvalue weighted by molar-refractivity contribution is 0.453. The van der Waals surface area contributed by atoms with Gasteiger partial charge in [-0.2, -0.15) is 0 Å². The Bertz CT molecular complexity index is 534. The average Bonchev–Trinajstić information content (AvgIpc) is 2.20. The summed E-state index contributed by atoms with van der Waals surface area (Å²) in [5.74, 6) is -0.774. The zero-order valence-corrected chi connectivity index (χ0v) is 7.57. The van der Waals surface area contributed by atoms with Crippen LogP contribution in [0.5, 0.6) is 5.88 Å². The molecule has 2 rings (SSSR count). The van der Waals surface area contributed by atoms with Gasteiger partial charge < -0.3 is 10.1 Å². The third kappa shape index (κ3) is 1.71. The Kier molecular flexibility index (Phi) is 2.21. The summed E-state index contributed by atoms with van der Waals surface area (Å²) >= 11 is 0. The number of hydrogen-bond acceptors (Lipinski definition) is 3. The van der Waals surface area contributed by atoms with Crippen LogP contribution in [0.25, 0.3) is 11.1 Å². The predicted molar refractivity (Wildman–Crippen MR) is 51.9 cm³/mol. The third-order valence-electron chi connectivity index (χ3n) is 1.97. The normalized spacial score (nSPS) is 10.2. The van der Waals surface area contributed by atoms with E-state index in [-0.39, 0.29) is 11.4 Å². The van der Waals surface area contributed by atoms with E-state index in [1.165, 1.54) is 24.3 Å². The van der Waals surface area contributed by atoms with Crippen LogP contribution in [0.4, 0.5) is 4.39 Å². The van der Waals surface area contributed by atoms with Gasteiger partial charge in [-0.15, -0.1) is 0 Å². The zero-order chi connectivity index (χ0) is 10.8. The van der Waals surface area contributed by atoms with Crippen molar-refractivity contribution < 1.29 is 9.50 Å². The molecule has 1 heterocycles. The van der Waals surface area contributed by atoms with Crippen molar-refractivity contribution in [3.63, 3.8) is 0 Å². The van der Waals surface area contributed by atoms with Gasteiger partial charge in [0.15, 0.2) is 0 Å². The first kappa shape index (κ1) is 9.39. The van der Waals surface area contributed by atoms with Gasteiger partial charge in [0.2, 0.25) is 5.88 Å². The van der Waals surface area contributed by atoms with E-state index in [4.69, 9.17) is 0 Å². The number of H-pyrrole nitrogens is 1. The molecule has 0 saturated heterocycles. The fraction of sp³-hybridized carbons (Fsp3) is 0. The number of nitrogens with one attached hydrogen (secondary N) is 1. The summed E-state index contributed by atoms with van der Waals surface area (Å²) < 4.78 is 12.6. The molecular formula is C10H7FN2O2. The van der Waals surface area contributed by atoms with E-state index in [2.05, 4.69) is 9.97 Å². The van der Waals surface area contributed by atoms with Crippen molar-refractivity contribution in [2.45, 2.75) is 0 Å². The molecule has 15 heavy (non-hydrogen) atoms. The molecular weight excluding hydrogens is 199 g/mol. The van der Waals surface area contributed by atoms with Crippen LogP contribution in [0.2, 0.25) is 0 Å². The van der Waals surface area contributed by atoms with Crippen LogP contribution in [0.15, 0.2) is 35.4 Å². The van der Waals surface area contributed by atoms with Crippen LogP contribution >= 0.6 is 0 Å². The molecule has 0 radical (unpaired) electrons. The van der Waals surface area contributed by atoms with Gasteiger partial charge >= 0.3 is 0 Å². The first-order chi connectivity index (χ1) is 7.18. The molecule has 1 aromatic carbocycles. The Morgan fingerprint density at radius 3 is 2.53 bits per heavy atom. The van der Waals surface area contributed by atoms with E-state index in [9.17, 15) is 14.3 Å². The van der Waals surface area contributed by atoms with Crippen molar-refractivity contribution in [3.8, 4) is 17.0 Å². The standard InChI is InChI=1S/C10H7FN2O2/c11-7-3-1-6(2-4-7)8-9(14)12-5-13-10(8)15/h1-5H,(H2,12,13,14,15). The minimum Gasteiger partial charge on any atom is -0.493 e. The van der Waals surface area contributed by atoms with E-state index in [1.807, 2.05) is 0 Å². The molecule has 2 aromatic rings. The molecule has 0 unspecified atom stereocenters. The van der Waals surface area contributed by atoms with Crippen molar-refractivity contribution in [3.05, 3.63) is 46.8 Å². The number of aromatic amines is 1. The van der Waals surface area contributed by atoms with E-state index in [1.54, 1.807) is 0 Å². The van der Waals surface area contributed by atoms with Crippen LogP contribution in [0.3, 0.4) is 0 Å². The van der Waals surface area contributed by atoms with Crippen LogP contribution < -0.4 is 5.56 Å². The monoisotopic (exact) mass is 206 g/mol. The molecule has 0 aliphatic heterocycles. The Morgan fingerprint density at radius 1 is 1.27 bits per heavy atom. The first-order valence-corrected chi connectivity index (χ1v) is 4.21. The fourth-order valence-electron chi connectivity index (χ4n) is 1.27. The van der Waals surface area contributed by atoms with Crippen LogP contribution in [-0.2, 0) is 0 Å². The van der Waals surface area contributed by atoms with Crippen molar-refractivity contribution in [2.24, 2.45) is 0 Å². The van der Waals surface area contributed by atoms with Gasteiger partial charge in [0.1, 0.15) is 11.4 Å². The first-order valence-electron chi connectivity index (χ1n) is 4.21. The summed E-state index contributed by atoms with van der Waals surface area (Å²) in [6.45, 7) is 0. The molecule has 0 saturated carbocycles. The highest BCUT2D eigenvalue weighted by atomic mass is 19.1. The number of hydrogen-bond donors (Lipinski definition) is 2. The molecule has 1 aromatic heterocycles. The van der Waals surface area contributed by atoms with Crippen molar-refractivity contribution in [1.82, 2.24) is 9.97 Å². The molecule has 0 spiro atoms. The number of aromatic nitrogens is 2. The predicted octanol–water partition coefficient (Wildman–Crippen LogP) is 1.28. The highest BCUT2D eigenvalue weighted by molar-refractivity contribution is 5.66. The van der Waals surface area contributed by atoms with Gasteiger partial charge in [-0.1, -0.05) is 12.1 Å². The number of aromatic hydroxyl groups is 1. The number of halogens is 1. The Hall–Kier alpha value is -2.17. The molecule has 0 amide bonds. The van der Waals surface area contributed by atoms with Crippen molar-refractivity contribution >= 4 is 0 Å². The van der Waals surface area contributed by atoms with Gasteiger partial charge in [-0.3, -0.25) is 4.79 Å². The zero-order valence-electron chi connectivity index (χ0n) is 7.57. The number of rotatable bonds is 1. The second kappa shape index (κ2) is 3.53. The summed E-state index contributed by atoms with van der Waals surface area (Å²) in [5.41, 5.74) is -0.00476. The van der Waals surface area contributed by atoms with E-state index in [0.29, 0.717) is 5.56 Å². The quantitative estimate of drug-likeness (QED) is 0.738. The second-order valence-electron chi connectivity index (χ2n) is 2.94. The smallest absolute Gasteiger partial charge is 0.262 e. The summed E-state index contributed by atoms with van der Waals surface area (Å²) in [6.07, 6.45) is 1.10. The van der Waals surface area contributed by atoms with Crippen LogP contribution in [0.1, 0.15) is 0 Å².